The molecule has 29 heavy (non-hydrogen) atoms. The standard InChI is InChI=1S/C20H20N6O3/c21-18-19(24-14-6-7-15-16(11-14)29-9-8-28-15)22-12-23-20(18)26-25-17(27)10-13-4-2-1-3-5-13/h1-7,11-12H,8-10,21H2,(H,25,27)(H2,22,23,24,26). The van der Waals surface area contributed by atoms with Crippen LogP contribution in [0.15, 0.2) is 54.9 Å². The minimum Gasteiger partial charge on any atom is -0.486 e. The van der Waals surface area contributed by atoms with E-state index in [0.29, 0.717) is 36.3 Å². The number of benzene rings is 2. The first-order valence-electron chi connectivity index (χ1n) is 9.05. The van der Waals surface area contributed by atoms with Crippen molar-refractivity contribution in [3.05, 3.63) is 60.4 Å². The minimum absolute atomic E-state index is 0.212. The van der Waals surface area contributed by atoms with Crippen LogP contribution in [-0.2, 0) is 11.2 Å². The molecule has 1 aromatic heterocycles. The van der Waals surface area contributed by atoms with Crippen molar-refractivity contribution in [1.82, 2.24) is 15.4 Å². The molecule has 1 amide bonds. The quantitative estimate of drug-likeness (QED) is 0.471. The van der Waals surface area contributed by atoms with Crippen LogP contribution in [-0.4, -0.2) is 29.1 Å². The van der Waals surface area contributed by atoms with Crippen molar-refractivity contribution in [3.8, 4) is 11.5 Å². The summed E-state index contributed by atoms with van der Waals surface area (Å²) in [4.78, 5) is 20.4. The molecule has 0 saturated heterocycles. The Morgan fingerprint density at radius 1 is 1.00 bits per heavy atom. The maximum atomic E-state index is 12.1. The number of amides is 1. The van der Waals surface area contributed by atoms with E-state index in [0.717, 1.165) is 11.3 Å². The lowest BCUT2D eigenvalue weighted by atomic mass is 10.1. The second-order valence-electron chi connectivity index (χ2n) is 6.30. The molecule has 0 bridgehead atoms. The van der Waals surface area contributed by atoms with Crippen LogP contribution >= 0.6 is 0 Å². The van der Waals surface area contributed by atoms with Gasteiger partial charge in [-0.25, -0.2) is 9.97 Å². The van der Waals surface area contributed by atoms with E-state index in [1.54, 1.807) is 0 Å². The summed E-state index contributed by atoms with van der Waals surface area (Å²) >= 11 is 0. The van der Waals surface area contributed by atoms with Gasteiger partial charge in [-0.05, 0) is 17.7 Å². The molecule has 148 valence electrons. The van der Waals surface area contributed by atoms with Gasteiger partial charge in [-0.15, -0.1) is 0 Å². The number of rotatable bonds is 6. The normalized spacial score (nSPS) is 12.1. The summed E-state index contributed by atoms with van der Waals surface area (Å²) in [6, 6.07) is 14.9. The molecule has 0 unspecified atom stereocenters. The number of carbonyl (C=O) groups is 1. The molecule has 0 radical (unpaired) electrons. The van der Waals surface area contributed by atoms with Gasteiger partial charge in [-0.1, -0.05) is 30.3 Å². The first-order chi connectivity index (χ1) is 14.2. The first kappa shape index (κ1) is 18.4. The zero-order chi connectivity index (χ0) is 20.1. The number of carbonyl (C=O) groups excluding carboxylic acids is 1. The van der Waals surface area contributed by atoms with Gasteiger partial charge < -0.3 is 20.5 Å². The Kier molecular flexibility index (Phi) is 5.28. The molecule has 9 nitrogen and oxygen atoms in total. The Morgan fingerprint density at radius 3 is 2.59 bits per heavy atom. The highest BCUT2D eigenvalue weighted by atomic mass is 16.6. The van der Waals surface area contributed by atoms with Gasteiger partial charge >= 0.3 is 0 Å². The fourth-order valence-corrected chi connectivity index (χ4v) is 2.81. The predicted octanol–water partition coefficient (Wildman–Crippen LogP) is 2.26. The fourth-order valence-electron chi connectivity index (χ4n) is 2.81. The number of ether oxygens (including phenoxy) is 2. The van der Waals surface area contributed by atoms with Crippen LogP contribution in [0.3, 0.4) is 0 Å². The fraction of sp³-hybridized carbons (Fsp3) is 0.150. The zero-order valence-corrected chi connectivity index (χ0v) is 15.5. The molecule has 2 aromatic carbocycles. The number of nitrogens with zero attached hydrogens (tertiary/aromatic N) is 2. The lowest BCUT2D eigenvalue weighted by Gasteiger charge is -2.19. The topological polar surface area (TPSA) is 123 Å². The number of nitrogens with one attached hydrogen (secondary N) is 3. The van der Waals surface area contributed by atoms with Crippen molar-refractivity contribution < 1.29 is 14.3 Å². The molecule has 1 aliphatic rings. The molecule has 4 rings (SSSR count). The summed E-state index contributed by atoms with van der Waals surface area (Å²) < 4.78 is 11.1. The van der Waals surface area contributed by atoms with Gasteiger partial charge in [-0.3, -0.25) is 15.6 Å². The monoisotopic (exact) mass is 392 g/mol. The van der Waals surface area contributed by atoms with Crippen LogP contribution in [0, 0.1) is 0 Å². The van der Waals surface area contributed by atoms with Gasteiger partial charge in [0.25, 0.3) is 0 Å². The molecule has 0 saturated carbocycles. The summed E-state index contributed by atoms with van der Waals surface area (Å²) in [5.74, 6) is 1.83. The summed E-state index contributed by atoms with van der Waals surface area (Å²) in [6.07, 6.45) is 1.59. The summed E-state index contributed by atoms with van der Waals surface area (Å²) in [5, 5.41) is 3.13. The molecule has 3 aromatic rings. The van der Waals surface area contributed by atoms with Crippen LogP contribution in [0.25, 0.3) is 0 Å². The Bertz CT molecular complexity index is 1010. The Balaban J connectivity index is 1.41. The highest BCUT2D eigenvalue weighted by molar-refractivity contribution is 5.82. The average molecular weight is 392 g/mol. The van der Waals surface area contributed by atoms with Crippen molar-refractivity contribution in [2.75, 3.05) is 29.7 Å². The number of hydrazine groups is 1. The molecule has 5 N–H and O–H groups in total. The zero-order valence-electron chi connectivity index (χ0n) is 15.5. The average Bonchev–Trinajstić information content (AvgIpc) is 2.75. The van der Waals surface area contributed by atoms with Crippen LogP contribution < -0.4 is 31.4 Å². The van der Waals surface area contributed by atoms with Gasteiger partial charge in [0.2, 0.25) is 5.91 Å². The third kappa shape index (κ3) is 4.46. The Hall–Kier alpha value is -4.01. The number of anilines is 4. The van der Waals surface area contributed by atoms with E-state index < -0.39 is 0 Å². The predicted molar refractivity (Wildman–Crippen MR) is 109 cm³/mol. The van der Waals surface area contributed by atoms with Gasteiger partial charge in [0.1, 0.15) is 25.2 Å². The lowest BCUT2D eigenvalue weighted by Crippen LogP contribution is -2.31. The Morgan fingerprint density at radius 2 is 1.76 bits per heavy atom. The maximum absolute atomic E-state index is 12.1. The maximum Gasteiger partial charge on any atom is 0.242 e. The summed E-state index contributed by atoms with van der Waals surface area (Å²) in [5.41, 5.74) is 13.4. The van der Waals surface area contributed by atoms with Crippen molar-refractivity contribution in [3.63, 3.8) is 0 Å². The van der Waals surface area contributed by atoms with E-state index in [-0.39, 0.29) is 18.0 Å². The van der Waals surface area contributed by atoms with Crippen LogP contribution in [0.5, 0.6) is 11.5 Å². The van der Waals surface area contributed by atoms with E-state index in [4.69, 9.17) is 15.2 Å². The van der Waals surface area contributed by atoms with Crippen molar-refractivity contribution in [2.45, 2.75) is 6.42 Å². The smallest absolute Gasteiger partial charge is 0.242 e. The minimum atomic E-state index is -0.212. The van der Waals surface area contributed by atoms with Crippen molar-refractivity contribution in [2.24, 2.45) is 0 Å². The van der Waals surface area contributed by atoms with Crippen LogP contribution in [0.1, 0.15) is 5.56 Å². The van der Waals surface area contributed by atoms with Gasteiger partial charge in [-0.2, -0.15) is 0 Å². The van der Waals surface area contributed by atoms with E-state index in [2.05, 4.69) is 26.1 Å². The van der Waals surface area contributed by atoms with E-state index in [1.807, 2.05) is 48.5 Å². The summed E-state index contributed by atoms with van der Waals surface area (Å²) in [7, 11) is 0. The first-order valence-corrected chi connectivity index (χ1v) is 9.05. The van der Waals surface area contributed by atoms with Gasteiger partial charge in [0.05, 0.1) is 6.42 Å². The molecular weight excluding hydrogens is 372 g/mol. The third-order valence-corrected chi connectivity index (χ3v) is 4.22. The molecule has 2 heterocycles. The van der Waals surface area contributed by atoms with E-state index in [9.17, 15) is 4.79 Å². The SMILES string of the molecule is Nc1c(NNC(=O)Cc2ccccc2)ncnc1Nc1ccc2c(c1)OCCO2. The molecule has 0 aliphatic carbocycles. The lowest BCUT2D eigenvalue weighted by molar-refractivity contribution is -0.119. The third-order valence-electron chi connectivity index (χ3n) is 4.22. The van der Waals surface area contributed by atoms with Crippen LogP contribution in [0.2, 0.25) is 0 Å². The van der Waals surface area contributed by atoms with Crippen molar-refractivity contribution in [1.29, 1.82) is 0 Å². The van der Waals surface area contributed by atoms with E-state index in [1.165, 1.54) is 6.33 Å². The number of fused-ring (bicyclic) bond motifs is 1. The molecular formula is C20H20N6O3. The molecule has 0 fully saturated rings. The molecule has 0 spiro atoms. The second-order valence-corrected chi connectivity index (χ2v) is 6.30. The molecule has 1 aliphatic heterocycles. The van der Waals surface area contributed by atoms with Gasteiger partial charge in [0.15, 0.2) is 23.1 Å². The number of aromatic nitrogens is 2. The highest BCUT2D eigenvalue weighted by Crippen LogP contribution is 2.34. The second kappa shape index (κ2) is 8.34. The molecule has 9 heteroatoms. The number of hydrogen-bond donors (Lipinski definition) is 4. The number of nitrogen functional groups attached to an aromatic ring is 1. The molecule has 0 atom stereocenters. The number of hydrogen-bond acceptors (Lipinski definition) is 8. The van der Waals surface area contributed by atoms with Crippen molar-refractivity contribution >= 4 is 28.9 Å². The van der Waals surface area contributed by atoms with E-state index >= 15 is 0 Å². The van der Waals surface area contributed by atoms with Gasteiger partial charge in [0, 0.05) is 11.8 Å². The largest absolute Gasteiger partial charge is 0.486 e. The Labute approximate surface area is 167 Å². The van der Waals surface area contributed by atoms with Crippen LogP contribution in [0.4, 0.5) is 23.0 Å². The summed E-state index contributed by atoms with van der Waals surface area (Å²) in [6.45, 7) is 1.03. The number of nitrogens with two attached hydrogens (primary N) is 1. The highest BCUT2D eigenvalue weighted by Gasteiger charge is 2.14.